The van der Waals surface area contributed by atoms with Crippen molar-refractivity contribution < 1.29 is 4.79 Å². The van der Waals surface area contributed by atoms with Crippen LogP contribution in [0.15, 0.2) is 42.6 Å². The fourth-order valence-corrected chi connectivity index (χ4v) is 2.01. The summed E-state index contributed by atoms with van der Waals surface area (Å²) in [4.78, 5) is 16.0. The number of hydrogen-bond acceptors (Lipinski definition) is 3. The topological polar surface area (TPSA) is 54.0 Å². The van der Waals surface area contributed by atoms with Crippen LogP contribution in [0.4, 0.5) is 11.4 Å². The number of nitrogens with one attached hydrogen (secondary N) is 2. The van der Waals surface area contributed by atoms with Crippen molar-refractivity contribution in [2.75, 3.05) is 5.32 Å². The van der Waals surface area contributed by atoms with Crippen molar-refractivity contribution in [3.63, 3.8) is 0 Å². The van der Waals surface area contributed by atoms with Crippen LogP contribution in [0.1, 0.15) is 23.3 Å². The Hall–Kier alpha value is -2.07. The van der Waals surface area contributed by atoms with Crippen molar-refractivity contribution in [3.8, 4) is 0 Å². The molecular formula is C15H14ClN3O. The minimum atomic E-state index is -0.109. The lowest BCUT2D eigenvalue weighted by atomic mass is 10.3. The zero-order chi connectivity index (χ0) is 13.9. The van der Waals surface area contributed by atoms with Gasteiger partial charge in [0.25, 0.3) is 5.91 Å². The van der Waals surface area contributed by atoms with Gasteiger partial charge < -0.3 is 10.6 Å². The largest absolute Gasteiger partial charge is 0.354 e. The number of hydrogen-bond donors (Lipinski definition) is 2. The van der Waals surface area contributed by atoms with Crippen molar-refractivity contribution in [1.82, 2.24) is 10.3 Å². The molecule has 1 aromatic heterocycles. The van der Waals surface area contributed by atoms with Gasteiger partial charge in [0.15, 0.2) is 0 Å². The Morgan fingerprint density at radius 3 is 2.70 bits per heavy atom. The first-order valence-electron chi connectivity index (χ1n) is 6.50. The van der Waals surface area contributed by atoms with E-state index in [1.54, 1.807) is 12.3 Å². The molecule has 4 nitrogen and oxygen atoms in total. The van der Waals surface area contributed by atoms with E-state index in [2.05, 4.69) is 15.6 Å². The summed E-state index contributed by atoms with van der Waals surface area (Å²) in [5, 5.41) is 6.76. The Labute approximate surface area is 122 Å². The Kier molecular flexibility index (Phi) is 3.56. The number of anilines is 2. The molecule has 0 aliphatic heterocycles. The summed E-state index contributed by atoms with van der Waals surface area (Å²) in [6.07, 6.45) is 3.78. The lowest BCUT2D eigenvalue weighted by Crippen LogP contribution is -2.26. The van der Waals surface area contributed by atoms with Crippen LogP contribution in [0.2, 0.25) is 5.02 Å². The fourth-order valence-electron chi connectivity index (χ4n) is 1.82. The van der Waals surface area contributed by atoms with E-state index in [4.69, 9.17) is 11.6 Å². The number of aromatic nitrogens is 1. The lowest BCUT2D eigenvalue weighted by Gasteiger charge is -2.07. The molecule has 0 bridgehead atoms. The fraction of sp³-hybridized carbons (Fsp3) is 0.200. The first-order valence-corrected chi connectivity index (χ1v) is 6.88. The van der Waals surface area contributed by atoms with E-state index in [9.17, 15) is 4.79 Å². The highest BCUT2D eigenvalue weighted by Crippen LogP contribution is 2.21. The van der Waals surface area contributed by atoms with Gasteiger partial charge in [0.05, 0.1) is 11.9 Å². The van der Waals surface area contributed by atoms with E-state index >= 15 is 0 Å². The molecule has 2 aromatic rings. The average Bonchev–Trinajstić information content (AvgIpc) is 3.23. The molecule has 5 heteroatoms. The highest BCUT2D eigenvalue weighted by molar-refractivity contribution is 6.30. The minimum Gasteiger partial charge on any atom is -0.354 e. The van der Waals surface area contributed by atoms with Gasteiger partial charge in [0.2, 0.25) is 0 Å². The van der Waals surface area contributed by atoms with Crippen LogP contribution >= 0.6 is 11.6 Å². The number of carbonyl (C=O) groups excluding carboxylic acids is 1. The zero-order valence-electron chi connectivity index (χ0n) is 10.8. The number of benzene rings is 1. The van der Waals surface area contributed by atoms with Crippen LogP contribution in [-0.2, 0) is 0 Å². The maximum Gasteiger partial charge on any atom is 0.270 e. The summed E-state index contributed by atoms with van der Waals surface area (Å²) in [6, 6.07) is 11.3. The standard InChI is InChI=1S/C15H14ClN3O/c16-10-2-1-3-12(8-10)18-13-6-7-14(17-9-13)15(20)19-11-4-5-11/h1-3,6-9,11,18H,4-5H2,(H,19,20). The van der Waals surface area contributed by atoms with E-state index in [0.29, 0.717) is 16.8 Å². The van der Waals surface area contributed by atoms with Crippen LogP contribution in [0.5, 0.6) is 0 Å². The number of amides is 1. The average molecular weight is 288 g/mol. The third kappa shape index (κ3) is 3.27. The van der Waals surface area contributed by atoms with Gasteiger partial charge in [0, 0.05) is 16.8 Å². The monoisotopic (exact) mass is 287 g/mol. The third-order valence-corrected chi connectivity index (χ3v) is 3.26. The molecule has 1 fully saturated rings. The molecule has 1 aromatic carbocycles. The molecule has 0 atom stereocenters. The second kappa shape index (κ2) is 5.51. The highest BCUT2D eigenvalue weighted by Gasteiger charge is 2.24. The SMILES string of the molecule is O=C(NC1CC1)c1ccc(Nc2cccc(Cl)c2)cn1. The van der Waals surface area contributed by atoms with Crippen molar-refractivity contribution in [3.05, 3.63) is 53.3 Å². The third-order valence-electron chi connectivity index (χ3n) is 3.02. The van der Waals surface area contributed by atoms with E-state index in [0.717, 1.165) is 24.2 Å². The van der Waals surface area contributed by atoms with Crippen molar-refractivity contribution in [2.45, 2.75) is 18.9 Å². The van der Waals surface area contributed by atoms with E-state index in [-0.39, 0.29) is 5.91 Å². The molecule has 0 spiro atoms. The summed E-state index contributed by atoms with van der Waals surface area (Å²) in [7, 11) is 0. The highest BCUT2D eigenvalue weighted by atomic mass is 35.5. The van der Waals surface area contributed by atoms with Crippen LogP contribution in [0, 0.1) is 0 Å². The molecule has 1 aliphatic rings. The van der Waals surface area contributed by atoms with Crippen molar-refractivity contribution in [2.24, 2.45) is 0 Å². The molecule has 0 radical (unpaired) electrons. The van der Waals surface area contributed by atoms with Crippen LogP contribution in [0.3, 0.4) is 0 Å². The molecule has 20 heavy (non-hydrogen) atoms. The molecule has 0 unspecified atom stereocenters. The van der Waals surface area contributed by atoms with Gasteiger partial charge in [-0.2, -0.15) is 0 Å². The summed E-state index contributed by atoms with van der Waals surface area (Å²) in [5.74, 6) is -0.109. The van der Waals surface area contributed by atoms with Crippen LogP contribution < -0.4 is 10.6 Å². The molecule has 1 saturated carbocycles. The van der Waals surface area contributed by atoms with Crippen molar-refractivity contribution >= 4 is 28.9 Å². The van der Waals surface area contributed by atoms with Crippen LogP contribution in [0.25, 0.3) is 0 Å². The Bertz CT molecular complexity index is 623. The first-order chi connectivity index (χ1) is 9.70. The number of halogens is 1. The van der Waals surface area contributed by atoms with Crippen molar-refractivity contribution in [1.29, 1.82) is 0 Å². The second-order valence-electron chi connectivity index (χ2n) is 4.82. The summed E-state index contributed by atoms with van der Waals surface area (Å²) >= 11 is 5.92. The quantitative estimate of drug-likeness (QED) is 0.906. The Balaban J connectivity index is 1.67. The first kappa shape index (κ1) is 12.9. The predicted molar refractivity (Wildman–Crippen MR) is 79.5 cm³/mol. The molecule has 1 aliphatic carbocycles. The Morgan fingerprint density at radius 1 is 1.20 bits per heavy atom. The zero-order valence-corrected chi connectivity index (χ0v) is 11.5. The molecule has 1 amide bonds. The summed E-state index contributed by atoms with van der Waals surface area (Å²) in [5.41, 5.74) is 2.14. The van der Waals surface area contributed by atoms with Crippen LogP contribution in [-0.4, -0.2) is 16.9 Å². The summed E-state index contributed by atoms with van der Waals surface area (Å²) < 4.78 is 0. The number of carbonyl (C=O) groups is 1. The number of nitrogens with zero attached hydrogens (tertiary/aromatic N) is 1. The van der Waals surface area contributed by atoms with E-state index in [1.165, 1.54) is 0 Å². The summed E-state index contributed by atoms with van der Waals surface area (Å²) in [6.45, 7) is 0. The van der Waals surface area contributed by atoms with E-state index in [1.807, 2.05) is 30.3 Å². The molecular weight excluding hydrogens is 274 g/mol. The van der Waals surface area contributed by atoms with Gasteiger partial charge >= 0.3 is 0 Å². The predicted octanol–water partition coefficient (Wildman–Crippen LogP) is 3.37. The van der Waals surface area contributed by atoms with Gasteiger partial charge in [-0.1, -0.05) is 17.7 Å². The smallest absolute Gasteiger partial charge is 0.270 e. The molecule has 2 N–H and O–H groups in total. The van der Waals surface area contributed by atoms with Gasteiger partial charge in [-0.25, -0.2) is 4.98 Å². The molecule has 1 heterocycles. The maximum atomic E-state index is 11.8. The number of rotatable bonds is 4. The maximum absolute atomic E-state index is 11.8. The molecule has 3 rings (SSSR count). The Morgan fingerprint density at radius 2 is 2.05 bits per heavy atom. The van der Waals surface area contributed by atoms with Gasteiger partial charge in [-0.05, 0) is 43.2 Å². The molecule has 0 saturated heterocycles. The van der Waals surface area contributed by atoms with Gasteiger partial charge in [0.1, 0.15) is 5.69 Å². The van der Waals surface area contributed by atoms with Gasteiger partial charge in [-0.3, -0.25) is 4.79 Å². The second-order valence-corrected chi connectivity index (χ2v) is 5.25. The lowest BCUT2D eigenvalue weighted by molar-refractivity contribution is 0.0946. The minimum absolute atomic E-state index is 0.109. The molecule has 102 valence electrons. The van der Waals surface area contributed by atoms with E-state index < -0.39 is 0 Å². The number of pyridine rings is 1. The van der Waals surface area contributed by atoms with Gasteiger partial charge in [-0.15, -0.1) is 0 Å². The normalized spacial score (nSPS) is 13.8.